The van der Waals surface area contributed by atoms with Gasteiger partial charge in [-0.15, -0.1) is 0 Å². The summed E-state index contributed by atoms with van der Waals surface area (Å²) in [4.78, 5) is 0. The van der Waals surface area contributed by atoms with E-state index < -0.39 is 0 Å². The Morgan fingerprint density at radius 2 is 1.80 bits per heavy atom. The number of nitrogens with zero attached hydrogens (tertiary/aromatic N) is 1. The van der Waals surface area contributed by atoms with Crippen LogP contribution in [-0.4, -0.2) is 0 Å². The van der Waals surface area contributed by atoms with Crippen molar-refractivity contribution in [3.05, 3.63) is 6.42 Å². The molecule has 1 aliphatic rings. The quantitative estimate of drug-likeness (QED) is 0.502. The van der Waals surface area contributed by atoms with Crippen molar-refractivity contribution in [2.75, 3.05) is 0 Å². The van der Waals surface area contributed by atoms with E-state index in [2.05, 4.69) is 12.5 Å². The molecule has 1 heteroatoms. The van der Waals surface area contributed by atoms with E-state index >= 15 is 0 Å². The summed E-state index contributed by atoms with van der Waals surface area (Å²) in [5, 5.41) is 8.65. The Labute approximate surface area is 63.0 Å². The van der Waals surface area contributed by atoms with Crippen molar-refractivity contribution in [3.8, 4) is 6.07 Å². The molecule has 0 spiro atoms. The molecule has 1 radical (unpaired) electrons. The van der Waals surface area contributed by atoms with Crippen LogP contribution in [0.5, 0.6) is 0 Å². The predicted molar refractivity (Wildman–Crippen MR) is 41.1 cm³/mol. The Kier molecular flexibility index (Phi) is 3.29. The molecule has 0 N–H and O–H groups in total. The fraction of sp³-hybridized carbons (Fsp3) is 0.778. The van der Waals surface area contributed by atoms with Crippen LogP contribution in [0.25, 0.3) is 0 Å². The van der Waals surface area contributed by atoms with Crippen LogP contribution in [0.15, 0.2) is 0 Å². The maximum Gasteiger partial charge on any atom is 0.0655 e. The van der Waals surface area contributed by atoms with E-state index in [0.717, 1.165) is 12.8 Å². The van der Waals surface area contributed by atoms with Gasteiger partial charge >= 0.3 is 0 Å². The van der Waals surface area contributed by atoms with Gasteiger partial charge in [-0.1, -0.05) is 25.7 Å². The lowest BCUT2D eigenvalue weighted by atomic mass is 9.92. The highest BCUT2D eigenvalue weighted by Gasteiger charge is 2.08. The van der Waals surface area contributed by atoms with Gasteiger partial charge in [-0.3, -0.25) is 0 Å². The highest BCUT2D eigenvalue weighted by Crippen LogP contribution is 2.20. The first kappa shape index (κ1) is 7.60. The van der Waals surface area contributed by atoms with Crippen LogP contribution in [0, 0.1) is 23.7 Å². The smallest absolute Gasteiger partial charge is 0.0655 e. The minimum atomic E-state index is 0.355. The summed E-state index contributed by atoms with van der Waals surface area (Å²) in [6, 6.07) is 2.36. The summed E-state index contributed by atoms with van der Waals surface area (Å²) in [6.45, 7) is 0. The van der Waals surface area contributed by atoms with Crippen molar-refractivity contribution >= 4 is 0 Å². The summed E-state index contributed by atoms with van der Waals surface area (Å²) >= 11 is 0. The molecule has 1 rings (SSSR count). The number of rotatable bonds is 0. The third-order valence-electron chi connectivity index (χ3n) is 2.10. The molecule has 1 fully saturated rings. The topological polar surface area (TPSA) is 23.8 Å². The monoisotopic (exact) mass is 136 g/mol. The Bertz CT molecular complexity index is 115. The third-order valence-corrected chi connectivity index (χ3v) is 2.10. The lowest BCUT2D eigenvalue weighted by Crippen LogP contribution is -2.00. The van der Waals surface area contributed by atoms with Gasteiger partial charge < -0.3 is 0 Å². The number of hydrogen-bond donors (Lipinski definition) is 0. The second-order valence-corrected chi connectivity index (χ2v) is 2.98. The van der Waals surface area contributed by atoms with Gasteiger partial charge in [0.15, 0.2) is 0 Å². The van der Waals surface area contributed by atoms with Crippen molar-refractivity contribution in [1.29, 1.82) is 5.26 Å². The molecule has 0 bridgehead atoms. The predicted octanol–water partition coefficient (Wildman–Crippen LogP) is 2.68. The number of nitriles is 1. The fourth-order valence-corrected chi connectivity index (χ4v) is 1.43. The Balaban J connectivity index is 2.24. The molecule has 10 heavy (non-hydrogen) atoms. The minimum Gasteiger partial charge on any atom is -0.198 e. The average molecular weight is 136 g/mol. The second-order valence-electron chi connectivity index (χ2n) is 2.98. The average Bonchev–Trinajstić information content (AvgIpc) is 1.87. The highest BCUT2D eigenvalue weighted by atomic mass is 14.3. The first-order chi connectivity index (χ1) is 4.93. The van der Waals surface area contributed by atoms with Crippen LogP contribution >= 0.6 is 0 Å². The molecular formula is C9H14N. The molecule has 0 atom stereocenters. The van der Waals surface area contributed by atoms with E-state index in [1.54, 1.807) is 0 Å². The van der Waals surface area contributed by atoms with Gasteiger partial charge in [0.2, 0.25) is 0 Å². The van der Waals surface area contributed by atoms with Crippen LogP contribution in [0.4, 0.5) is 0 Å². The van der Waals surface area contributed by atoms with Crippen molar-refractivity contribution in [2.45, 2.75) is 38.5 Å². The Morgan fingerprint density at radius 3 is 2.30 bits per heavy atom. The van der Waals surface area contributed by atoms with Gasteiger partial charge in [0.05, 0.1) is 6.07 Å². The summed E-state index contributed by atoms with van der Waals surface area (Å²) in [5.74, 6) is 0.355. The largest absolute Gasteiger partial charge is 0.198 e. The molecule has 1 aliphatic carbocycles. The molecule has 0 aromatic rings. The lowest BCUT2D eigenvalue weighted by molar-refractivity contribution is 0.482. The summed E-state index contributed by atoms with van der Waals surface area (Å²) in [6.07, 6.45) is 9.47. The summed E-state index contributed by atoms with van der Waals surface area (Å²) < 4.78 is 0. The molecule has 1 saturated carbocycles. The summed E-state index contributed by atoms with van der Waals surface area (Å²) in [5.41, 5.74) is 0. The van der Waals surface area contributed by atoms with E-state index in [4.69, 9.17) is 5.26 Å². The van der Waals surface area contributed by atoms with Crippen LogP contribution in [-0.2, 0) is 0 Å². The first-order valence-corrected chi connectivity index (χ1v) is 4.15. The van der Waals surface area contributed by atoms with Crippen LogP contribution in [0.1, 0.15) is 38.5 Å². The van der Waals surface area contributed by atoms with Crippen LogP contribution in [0.2, 0.25) is 0 Å². The molecule has 0 heterocycles. The van der Waals surface area contributed by atoms with E-state index in [1.165, 1.54) is 25.7 Å². The van der Waals surface area contributed by atoms with Crippen LogP contribution < -0.4 is 0 Å². The molecule has 55 valence electrons. The lowest BCUT2D eigenvalue weighted by Gasteiger charge is -2.11. The maximum atomic E-state index is 8.65. The zero-order valence-corrected chi connectivity index (χ0v) is 6.34. The Morgan fingerprint density at radius 1 is 1.20 bits per heavy atom. The fourth-order valence-electron chi connectivity index (χ4n) is 1.43. The zero-order chi connectivity index (χ0) is 7.23. The van der Waals surface area contributed by atoms with E-state index in [1.807, 2.05) is 0 Å². The standard InChI is InChI=1S/C9H14N/c10-8-9-6-4-2-1-3-5-7-9/h1,9H,2-7H2. The molecule has 0 aromatic heterocycles. The normalized spacial score (nSPS) is 22.7. The molecule has 1 nitrogen and oxygen atoms in total. The van der Waals surface area contributed by atoms with Gasteiger partial charge in [-0.05, 0) is 19.3 Å². The van der Waals surface area contributed by atoms with Gasteiger partial charge in [0.25, 0.3) is 0 Å². The molecule has 0 unspecified atom stereocenters. The van der Waals surface area contributed by atoms with Gasteiger partial charge in [0, 0.05) is 5.92 Å². The van der Waals surface area contributed by atoms with Gasteiger partial charge in [-0.2, -0.15) is 5.26 Å². The van der Waals surface area contributed by atoms with Crippen LogP contribution in [0.3, 0.4) is 0 Å². The van der Waals surface area contributed by atoms with Crippen molar-refractivity contribution in [1.82, 2.24) is 0 Å². The third kappa shape index (κ3) is 2.39. The first-order valence-electron chi connectivity index (χ1n) is 4.15. The molecule has 0 amide bonds. The minimum absolute atomic E-state index is 0.355. The molecule has 0 saturated heterocycles. The van der Waals surface area contributed by atoms with Crippen molar-refractivity contribution < 1.29 is 0 Å². The Hall–Kier alpha value is -0.510. The molecule has 0 aliphatic heterocycles. The second kappa shape index (κ2) is 4.33. The maximum absolute atomic E-state index is 8.65. The highest BCUT2D eigenvalue weighted by molar-refractivity contribution is 4.85. The van der Waals surface area contributed by atoms with Gasteiger partial charge in [-0.25, -0.2) is 0 Å². The van der Waals surface area contributed by atoms with Gasteiger partial charge in [0.1, 0.15) is 0 Å². The summed E-state index contributed by atoms with van der Waals surface area (Å²) in [7, 11) is 0. The zero-order valence-electron chi connectivity index (χ0n) is 6.34. The molecule has 0 aromatic carbocycles. The SMILES string of the molecule is N#CC1CCC[CH]CCC1. The van der Waals surface area contributed by atoms with E-state index in [-0.39, 0.29) is 0 Å². The molecular weight excluding hydrogens is 122 g/mol. The number of hydrogen-bond acceptors (Lipinski definition) is 1. The van der Waals surface area contributed by atoms with E-state index in [9.17, 15) is 0 Å². The van der Waals surface area contributed by atoms with Crippen molar-refractivity contribution in [2.24, 2.45) is 5.92 Å². The van der Waals surface area contributed by atoms with Crippen molar-refractivity contribution in [3.63, 3.8) is 0 Å². The van der Waals surface area contributed by atoms with E-state index in [0.29, 0.717) is 5.92 Å².